The summed E-state index contributed by atoms with van der Waals surface area (Å²) in [6, 6.07) is 4.41. The minimum absolute atomic E-state index is 0.0160. The molecule has 0 aliphatic heterocycles. The first kappa shape index (κ1) is 11.8. The molecule has 90 valence electrons. The SMILES string of the molecule is Nc1onc(Cl)c1-c1ccc(C(F)(F)F)cc1. The Morgan fingerprint density at radius 2 is 1.76 bits per heavy atom. The first-order chi connectivity index (χ1) is 7.89. The molecule has 2 N–H and O–H groups in total. The van der Waals surface area contributed by atoms with E-state index in [-0.39, 0.29) is 11.0 Å². The molecule has 2 aromatic rings. The fourth-order valence-electron chi connectivity index (χ4n) is 1.37. The Balaban J connectivity index is 2.43. The van der Waals surface area contributed by atoms with Crippen molar-refractivity contribution in [3.05, 3.63) is 35.0 Å². The number of aromatic nitrogens is 1. The summed E-state index contributed by atoms with van der Waals surface area (Å²) < 4.78 is 41.6. The zero-order chi connectivity index (χ0) is 12.6. The topological polar surface area (TPSA) is 52.0 Å². The van der Waals surface area contributed by atoms with E-state index in [4.69, 9.17) is 17.3 Å². The number of nitrogens with zero attached hydrogens (tertiary/aromatic N) is 1. The molecular weight excluding hydrogens is 257 g/mol. The Bertz CT molecular complexity index is 514. The van der Waals surface area contributed by atoms with Crippen molar-refractivity contribution in [2.75, 3.05) is 5.73 Å². The van der Waals surface area contributed by atoms with E-state index >= 15 is 0 Å². The van der Waals surface area contributed by atoms with Gasteiger partial charge in [-0.05, 0) is 17.7 Å². The van der Waals surface area contributed by atoms with Gasteiger partial charge in [0.25, 0.3) is 0 Å². The van der Waals surface area contributed by atoms with Crippen LogP contribution < -0.4 is 5.73 Å². The molecular formula is C10H6ClF3N2O. The summed E-state index contributed by atoms with van der Waals surface area (Å²) in [7, 11) is 0. The molecule has 1 aromatic carbocycles. The van der Waals surface area contributed by atoms with Gasteiger partial charge in [0.1, 0.15) is 0 Å². The lowest BCUT2D eigenvalue weighted by Gasteiger charge is -2.06. The van der Waals surface area contributed by atoms with Crippen molar-refractivity contribution in [1.29, 1.82) is 0 Å². The third-order valence-corrected chi connectivity index (χ3v) is 2.44. The molecule has 3 nitrogen and oxygen atoms in total. The largest absolute Gasteiger partial charge is 0.416 e. The molecule has 0 fully saturated rings. The molecule has 17 heavy (non-hydrogen) atoms. The number of nitrogen functional groups attached to an aromatic ring is 1. The van der Waals surface area contributed by atoms with Gasteiger partial charge in [0.05, 0.1) is 11.1 Å². The highest BCUT2D eigenvalue weighted by Crippen LogP contribution is 2.35. The number of hydrogen-bond acceptors (Lipinski definition) is 3. The highest BCUT2D eigenvalue weighted by molar-refractivity contribution is 6.32. The average molecular weight is 263 g/mol. The highest BCUT2D eigenvalue weighted by atomic mass is 35.5. The van der Waals surface area contributed by atoms with E-state index in [1.807, 2.05) is 0 Å². The lowest BCUT2D eigenvalue weighted by atomic mass is 10.1. The fourth-order valence-corrected chi connectivity index (χ4v) is 1.61. The van der Waals surface area contributed by atoms with Gasteiger partial charge in [0.15, 0.2) is 5.15 Å². The first-order valence-corrected chi connectivity index (χ1v) is 4.85. The molecule has 7 heteroatoms. The summed E-state index contributed by atoms with van der Waals surface area (Å²) in [5.41, 5.74) is 5.43. The number of alkyl halides is 3. The summed E-state index contributed by atoms with van der Waals surface area (Å²) >= 11 is 5.70. The second kappa shape index (κ2) is 3.96. The molecule has 0 spiro atoms. The van der Waals surface area contributed by atoms with Crippen LogP contribution in [0.25, 0.3) is 11.1 Å². The van der Waals surface area contributed by atoms with Crippen LogP contribution in [0.15, 0.2) is 28.8 Å². The van der Waals surface area contributed by atoms with E-state index in [9.17, 15) is 13.2 Å². The maximum Gasteiger partial charge on any atom is 0.416 e. The predicted octanol–water partition coefficient (Wildman–Crippen LogP) is 3.60. The summed E-state index contributed by atoms with van der Waals surface area (Å²) in [6.07, 6.45) is -4.37. The molecule has 0 amide bonds. The zero-order valence-electron chi connectivity index (χ0n) is 8.25. The van der Waals surface area contributed by atoms with E-state index in [1.54, 1.807) is 0 Å². The summed E-state index contributed by atoms with van der Waals surface area (Å²) in [4.78, 5) is 0. The van der Waals surface area contributed by atoms with Crippen molar-refractivity contribution in [3.8, 4) is 11.1 Å². The smallest absolute Gasteiger partial charge is 0.367 e. The lowest BCUT2D eigenvalue weighted by molar-refractivity contribution is -0.137. The van der Waals surface area contributed by atoms with Gasteiger partial charge in [-0.3, -0.25) is 0 Å². The number of rotatable bonds is 1. The molecule has 2 rings (SSSR count). The van der Waals surface area contributed by atoms with Gasteiger partial charge >= 0.3 is 6.18 Å². The summed E-state index contributed by atoms with van der Waals surface area (Å²) in [6.45, 7) is 0. The van der Waals surface area contributed by atoms with Crippen LogP contribution in [0.1, 0.15) is 5.56 Å². The molecule has 0 saturated heterocycles. The molecule has 0 bridgehead atoms. The third kappa shape index (κ3) is 2.21. The van der Waals surface area contributed by atoms with Crippen molar-refractivity contribution in [3.63, 3.8) is 0 Å². The van der Waals surface area contributed by atoms with Crippen molar-refractivity contribution in [1.82, 2.24) is 5.16 Å². The highest BCUT2D eigenvalue weighted by Gasteiger charge is 2.30. The van der Waals surface area contributed by atoms with Gasteiger partial charge in [0, 0.05) is 0 Å². The summed E-state index contributed by atoms with van der Waals surface area (Å²) in [5, 5.41) is 3.42. The normalized spacial score (nSPS) is 11.8. The van der Waals surface area contributed by atoms with E-state index < -0.39 is 11.7 Å². The Morgan fingerprint density at radius 3 is 2.18 bits per heavy atom. The quantitative estimate of drug-likeness (QED) is 0.854. The molecule has 0 aliphatic carbocycles. The number of halogens is 4. The van der Waals surface area contributed by atoms with Crippen LogP contribution >= 0.6 is 11.6 Å². The molecule has 0 saturated carbocycles. The van der Waals surface area contributed by atoms with Gasteiger partial charge in [-0.1, -0.05) is 28.9 Å². The monoisotopic (exact) mass is 262 g/mol. The Morgan fingerprint density at radius 1 is 1.18 bits per heavy atom. The van der Waals surface area contributed by atoms with Gasteiger partial charge in [-0.2, -0.15) is 13.2 Å². The molecule has 0 atom stereocenters. The van der Waals surface area contributed by atoms with Crippen LogP contribution in [0.3, 0.4) is 0 Å². The molecule has 1 aromatic heterocycles. The third-order valence-electron chi connectivity index (χ3n) is 2.18. The van der Waals surface area contributed by atoms with Gasteiger partial charge in [-0.25, -0.2) is 0 Å². The van der Waals surface area contributed by atoms with Crippen molar-refractivity contribution in [2.24, 2.45) is 0 Å². The van der Waals surface area contributed by atoms with Crippen molar-refractivity contribution >= 4 is 17.5 Å². The standard InChI is InChI=1S/C10H6ClF3N2O/c11-8-7(9(15)17-16-8)5-1-3-6(4-2-5)10(12,13)14/h1-4H,15H2. The molecule has 0 aliphatic rings. The molecule has 0 unspecified atom stereocenters. The second-order valence-electron chi connectivity index (χ2n) is 3.29. The average Bonchev–Trinajstić information content (AvgIpc) is 2.58. The zero-order valence-corrected chi connectivity index (χ0v) is 9.01. The van der Waals surface area contributed by atoms with E-state index in [1.165, 1.54) is 12.1 Å². The minimum Gasteiger partial charge on any atom is -0.367 e. The number of nitrogens with two attached hydrogens (primary N) is 1. The number of hydrogen-bond donors (Lipinski definition) is 1. The van der Waals surface area contributed by atoms with E-state index in [0.29, 0.717) is 11.1 Å². The van der Waals surface area contributed by atoms with Crippen molar-refractivity contribution < 1.29 is 17.7 Å². The predicted molar refractivity (Wildman–Crippen MR) is 56.4 cm³/mol. The Labute approximate surface area is 99.0 Å². The maximum absolute atomic E-state index is 12.3. The second-order valence-corrected chi connectivity index (χ2v) is 3.65. The van der Waals surface area contributed by atoms with Gasteiger partial charge < -0.3 is 10.3 Å². The van der Waals surface area contributed by atoms with Gasteiger partial charge in [0.2, 0.25) is 5.88 Å². The Kier molecular flexibility index (Phi) is 2.74. The molecule has 0 radical (unpaired) electrons. The fraction of sp³-hybridized carbons (Fsp3) is 0.100. The minimum atomic E-state index is -4.37. The van der Waals surface area contributed by atoms with E-state index in [0.717, 1.165) is 12.1 Å². The molecule has 1 heterocycles. The van der Waals surface area contributed by atoms with Gasteiger partial charge in [-0.15, -0.1) is 0 Å². The van der Waals surface area contributed by atoms with E-state index in [2.05, 4.69) is 9.68 Å². The Hall–Kier alpha value is -1.69. The summed E-state index contributed by atoms with van der Waals surface area (Å²) in [5.74, 6) is -0.0326. The van der Waals surface area contributed by atoms with Crippen LogP contribution in [0.2, 0.25) is 5.15 Å². The van der Waals surface area contributed by atoms with Crippen molar-refractivity contribution in [2.45, 2.75) is 6.18 Å². The van der Waals surface area contributed by atoms with Crippen LogP contribution in [0.4, 0.5) is 19.1 Å². The van der Waals surface area contributed by atoms with Crippen LogP contribution in [-0.4, -0.2) is 5.16 Å². The lowest BCUT2D eigenvalue weighted by Crippen LogP contribution is -2.04. The number of anilines is 1. The maximum atomic E-state index is 12.3. The van der Waals surface area contributed by atoms with Crippen LogP contribution in [0.5, 0.6) is 0 Å². The van der Waals surface area contributed by atoms with Crippen LogP contribution in [0, 0.1) is 0 Å². The first-order valence-electron chi connectivity index (χ1n) is 4.48. The van der Waals surface area contributed by atoms with Crippen LogP contribution in [-0.2, 0) is 6.18 Å². The number of benzene rings is 1.